The Morgan fingerprint density at radius 2 is 1.91 bits per heavy atom. The molecule has 3 aliphatic heterocycles. The number of carbonyl (C=O) groups is 2. The molecule has 4 heterocycles. The molecule has 0 spiro atoms. The van der Waals surface area contributed by atoms with Crippen LogP contribution in [0.25, 0.3) is 0 Å². The molecular weight excluding hydrogens is 587 g/mol. The van der Waals surface area contributed by atoms with Gasteiger partial charge in [0, 0.05) is 79.4 Å². The molecule has 45 heavy (non-hydrogen) atoms. The highest BCUT2D eigenvalue weighted by atomic mass is 19.4. The number of aromatic nitrogens is 1. The summed E-state index contributed by atoms with van der Waals surface area (Å²) in [6, 6.07) is 11.6. The van der Waals surface area contributed by atoms with Crippen LogP contribution in [0.1, 0.15) is 58.8 Å². The lowest BCUT2D eigenvalue weighted by molar-refractivity contribution is -0.138. The molecule has 1 aliphatic carbocycles. The topological polar surface area (TPSA) is 105 Å². The first kappa shape index (κ1) is 29.5. The van der Waals surface area contributed by atoms with Crippen molar-refractivity contribution in [1.29, 1.82) is 0 Å². The Hall–Kier alpha value is -4.16. The number of nitrogens with one attached hydrogen (secondary N) is 3. The van der Waals surface area contributed by atoms with Crippen molar-refractivity contribution in [2.24, 2.45) is 5.92 Å². The maximum atomic E-state index is 14.1. The van der Waals surface area contributed by atoms with E-state index in [0.717, 1.165) is 22.9 Å². The number of pyridine rings is 1. The second kappa shape index (κ2) is 11.3. The number of benzene rings is 2. The van der Waals surface area contributed by atoms with Crippen molar-refractivity contribution in [3.05, 3.63) is 76.5 Å². The van der Waals surface area contributed by atoms with Crippen LogP contribution in [0.3, 0.4) is 0 Å². The van der Waals surface area contributed by atoms with Gasteiger partial charge in [-0.3, -0.25) is 14.5 Å². The van der Waals surface area contributed by atoms with Gasteiger partial charge in [0.1, 0.15) is 29.2 Å². The molecule has 5 unspecified atom stereocenters. The average Bonchev–Trinajstić information content (AvgIpc) is 3.53. The summed E-state index contributed by atoms with van der Waals surface area (Å²) >= 11 is 0. The van der Waals surface area contributed by atoms with E-state index < -0.39 is 17.6 Å². The van der Waals surface area contributed by atoms with Crippen molar-refractivity contribution >= 4 is 17.6 Å². The van der Waals surface area contributed by atoms with Crippen molar-refractivity contribution in [2.75, 3.05) is 25.0 Å². The number of anilines is 1. The molecule has 1 aromatic heterocycles. The zero-order chi connectivity index (χ0) is 31.5. The van der Waals surface area contributed by atoms with Crippen LogP contribution in [0, 0.1) is 5.92 Å². The predicted octanol–water partition coefficient (Wildman–Crippen LogP) is 4.86. The minimum Gasteiger partial charge on any atom is -0.489 e. The van der Waals surface area contributed by atoms with E-state index in [2.05, 4.69) is 20.9 Å². The number of nitrogens with zero attached hydrogens (tertiary/aromatic N) is 2. The number of piperazine rings is 1. The van der Waals surface area contributed by atoms with Crippen LogP contribution in [0.15, 0.2) is 48.7 Å². The van der Waals surface area contributed by atoms with Crippen molar-refractivity contribution in [3.8, 4) is 17.2 Å². The predicted molar refractivity (Wildman–Crippen MR) is 159 cm³/mol. The fraction of sp³-hybridized carbons (Fsp3) is 0.424. The van der Waals surface area contributed by atoms with Gasteiger partial charge in [0.15, 0.2) is 0 Å². The summed E-state index contributed by atoms with van der Waals surface area (Å²) in [6.45, 7) is 5.78. The summed E-state index contributed by atoms with van der Waals surface area (Å²) in [7, 11) is 0. The molecule has 3 N–H and O–H groups in total. The van der Waals surface area contributed by atoms with Crippen LogP contribution in [0.4, 0.5) is 19.0 Å². The van der Waals surface area contributed by atoms with E-state index in [1.807, 2.05) is 36.9 Å². The number of fused-ring (bicyclic) bond motifs is 4. The van der Waals surface area contributed by atoms with Gasteiger partial charge in [0.2, 0.25) is 5.91 Å². The molecule has 0 bridgehead atoms. The van der Waals surface area contributed by atoms with Crippen molar-refractivity contribution in [1.82, 2.24) is 20.5 Å². The molecule has 12 heteroatoms. The Balaban J connectivity index is 1.00. The zero-order valence-electron chi connectivity index (χ0n) is 24.9. The maximum Gasteiger partial charge on any atom is 0.416 e. The minimum absolute atomic E-state index is 0.00125. The summed E-state index contributed by atoms with van der Waals surface area (Å²) in [4.78, 5) is 31.0. The van der Waals surface area contributed by atoms with Gasteiger partial charge in [-0.1, -0.05) is 6.07 Å². The molecule has 3 aromatic rings. The molecular formula is C33H34F3N5O4. The van der Waals surface area contributed by atoms with Gasteiger partial charge < -0.3 is 25.4 Å². The van der Waals surface area contributed by atoms with Gasteiger partial charge >= 0.3 is 6.18 Å². The maximum absolute atomic E-state index is 14.1. The molecule has 9 nitrogen and oxygen atoms in total. The number of hydrogen-bond acceptors (Lipinski definition) is 7. The third kappa shape index (κ3) is 5.96. The monoisotopic (exact) mass is 621 g/mol. The van der Waals surface area contributed by atoms with E-state index >= 15 is 0 Å². The Morgan fingerprint density at radius 3 is 2.69 bits per heavy atom. The summed E-state index contributed by atoms with van der Waals surface area (Å²) < 4.78 is 54.5. The summed E-state index contributed by atoms with van der Waals surface area (Å²) in [5, 5.41) is 8.99. The van der Waals surface area contributed by atoms with E-state index in [9.17, 15) is 22.8 Å². The number of ether oxygens (including phenoxy) is 2. The molecule has 2 amide bonds. The normalized spacial score (nSPS) is 25.4. The van der Waals surface area contributed by atoms with E-state index in [-0.39, 0.29) is 60.1 Å². The smallest absolute Gasteiger partial charge is 0.416 e. The van der Waals surface area contributed by atoms with Crippen LogP contribution in [-0.4, -0.2) is 59.5 Å². The quantitative estimate of drug-likeness (QED) is 0.346. The summed E-state index contributed by atoms with van der Waals surface area (Å²) in [5.74, 6) is 1.92. The molecule has 236 valence electrons. The largest absolute Gasteiger partial charge is 0.489 e. The van der Waals surface area contributed by atoms with Gasteiger partial charge in [-0.15, -0.1) is 0 Å². The molecule has 1 saturated carbocycles. The first-order valence-electron chi connectivity index (χ1n) is 15.3. The summed E-state index contributed by atoms with van der Waals surface area (Å²) in [5.41, 5.74) is 1.17. The van der Waals surface area contributed by atoms with Gasteiger partial charge in [0.05, 0.1) is 5.56 Å². The van der Waals surface area contributed by atoms with Gasteiger partial charge in [-0.25, -0.2) is 4.98 Å². The molecule has 1 saturated heterocycles. The van der Waals surface area contributed by atoms with Crippen molar-refractivity contribution in [3.63, 3.8) is 0 Å². The second-order valence-electron chi connectivity index (χ2n) is 12.5. The fourth-order valence-electron chi connectivity index (χ4n) is 6.98. The van der Waals surface area contributed by atoms with E-state index in [4.69, 9.17) is 9.47 Å². The lowest BCUT2D eigenvalue weighted by Crippen LogP contribution is -2.53. The molecule has 0 radical (unpaired) electrons. The minimum atomic E-state index is -4.58. The Kier molecular flexibility index (Phi) is 7.44. The third-order valence-electron chi connectivity index (χ3n) is 9.00. The van der Waals surface area contributed by atoms with Crippen LogP contribution in [0.5, 0.6) is 17.2 Å². The lowest BCUT2D eigenvalue weighted by atomic mass is 10.0. The summed E-state index contributed by atoms with van der Waals surface area (Å²) in [6.07, 6.45) is -2.21. The highest BCUT2D eigenvalue weighted by molar-refractivity contribution is 5.94. The number of hydrogen-bond donors (Lipinski definition) is 3. The zero-order valence-corrected chi connectivity index (χ0v) is 24.9. The Morgan fingerprint density at radius 1 is 1.11 bits per heavy atom. The fourth-order valence-corrected chi connectivity index (χ4v) is 6.98. The van der Waals surface area contributed by atoms with Crippen LogP contribution in [0.2, 0.25) is 0 Å². The molecule has 7 rings (SSSR count). The van der Waals surface area contributed by atoms with Gasteiger partial charge in [-0.05, 0) is 62.2 Å². The Bertz CT molecular complexity index is 1650. The Labute approximate surface area is 258 Å². The molecule has 5 atom stereocenters. The molecule has 2 aromatic carbocycles. The SMILES string of the molecule is CC1CN(Cc2ccc(C(=O)NCC3C4Oc5ccc(Oc6ccnc7c6CCC(=O)N7)cc5C34)cc2C(F)(F)F)CC(C)N1. The third-order valence-corrected chi connectivity index (χ3v) is 9.00. The second-order valence-corrected chi connectivity index (χ2v) is 12.5. The average molecular weight is 622 g/mol. The molecule has 2 fully saturated rings. The van der Waals surface area contributed by atoms with Crippen molar-refractivity contribution in [2.45, 2.75) is 63.5 Å². The molecule has 4 aliphatic rings. The number of amides is 2. The van der Waals surface area contributed by atoms with E-state index in [1.165, 1.54) is 12.1 Å². The lowest BCUT2D eigenvalue weighted by Gasteiger charge is -2.36. The standard InChI is InChI=1S/C33H34F3N5O4/c1-17-14-41(15-18(2)39-17)16-20-4-3-19(11-25(20)33(34,35)36)32(43)38-13-24-29-23-12-21(5-7-26(23)45-30(24)29)44-27-9-10-37-31-22(27)6-8-28(42)40-31/h3-5,7,9-12,17-18,24,29-30,39H,6,8,13-16H2,1-2H3,(H,38,43)(H,37,40,42). The van der Waals surface area contributed by atoms with E-state index in [1.54, 1.807) is 12.3 Å². The number of rotatable bonds is 7. The highest BCUT2D eigenvalue weighted by Crippen LogP contribution is 2.58. The van der Waals surface area contributed by atoms with Crippen LogP contribution in [-0.2, 0) is 23.9 Å². The van der Waals surface area contributed by atoms with Crippen molar-refractivity contribution < 1.29 is 32.2 Å². The number of halogens is 3. The van der Waals surface area contributed by atoms with Gasteiger partial charge in [0.25, 0.3) is 5.91 Å². The van der Waals surface area contributed by atoms with E-state index in [0.29, 0.717) is 43.2 Å². The van der Waals surface area contributed by atoms with Crippen LogP contribution < -0.4 is 25.4 Å². The first-order chi connectivity index (χ1) is 21.5. The number of alkyl halides is 3. The first-order valence-corrected chi connectivity index (χ1v) is 15.3. The highest BCUT2D eigenvalue weighted by Gasteiger charge is 2.58. The van der Waals surface area contributed by atoms with Gasteiger partial charge in [-0.2, -0.15) is 13.2 Å². The number of carbonyl (C=O) groups excluding carboxylic acids is 2. The van der Waals surface area contributed by atoms with Crippen LogP contribution >= 0.6 is 0 Å².